The summed E-state index contributed by atoms with van der Waals surface area (Å²) in [6.07, 6.45) is 3.87. The number of hydrogen-bond donors (Lipinski definition) is 2. The number of imidazole rings is 1. The van der Waals surface area contributed by atoms with Crippen LogP contribution in [0.15, 0.2) is 42.7 Å². The van der Waals surface area contributed by atoms with Gasteiger partial charge in [0.15, 0.2) is 18.1 Å². The highest BCUT2D eigenvalue weighted by Gasteiger charge is 2.21. The van der Waals surface area contributed by atoms with Crippen molar-refractivity contribution in [2.75, 3.05) is 19.4 Å². The van der Waals surface area contributed by atoms with Crippen molar-refractivity contribution < 1.29 is 14.1 Å². The van der Waals surface area contributed by atoms with Crippen LogP contribution in [0.5, 0.6) is 0 Å². The zero-order valence-corrected chi connectivity index (χ0v) is 22.1. The summed E-state index contributed by atoms with van der Waals surface area (Å²) in [5.74, 6) is 0.973. The largest absolute Gasteiger partial charge is 0.358 e. The van der Waals surface area contributed by atoms with E-state index in [0.717, 1.165) is 17.8 Å². The molecule has 1 atom stereocenters. The van der Waals surface area contributed by atoms with Crippen LogP contribution in [0.1, 0.15) is 25.8 Å². The number of nitrogens with zero attached hydrogens (tertiary/aromatic N) is 5. The number of aromatic nitrogens is 4. The van der Waals surface area contributed by atoms with Crippen molar-refractivity contribution in [1.82, 2.24) is 29.3 Å². The van der Waals surface area contributed by atoms with Gasteiger partial charge in [-0.1, -0.05) is 37.6 Å². The molecule has 0 unspecified atom stereocenters. The van der Waals surface area contributed by atoms with Gasteiger partial charge >= 0.3 is 0 Å². The number of hydroxylamine groups is 2. The minimum atomic E-state index is -0.535. The number of anilines is 1. The Morgan fingerprint density at radius 2 is 1.94 bits per heavy atom. The normalized spacial score (nSPS) is 12.2. The van der Waals surface area contributed by atoms with Crippen LogP contribution in [-0.4, -0.2) is 50.0 Å². The van der Waals surface area contributed by atoms with E-state index in [9.17, 15) is 4.79 Å². The van der Waals surface area contributed by atoms with Gasteiger partial charge in [0.25, 0.3) is 0 Å². The van der Waals surface area contributed by atoms with Crippen LogP contribution < -0.4 is 10.6 Å². The fourth-order valence-electron chi connectivity index (χ4n) is 3.04. The molecule has 0 saturated heterocycles. The highest BCUT2D eigenvalue weighted by Crippen LogP contribution is 2.25. The molecule has 10 nitrogen and oxygen atoms in total. The smallest absolute Gasteiger partial charge is 0.242 e. The van der Waals surface area contributed by atoms with Crippen molar-refractivity contribution in [2.45, 2.75) is 32.9 Å². The first-order valence-corrected chi connectivity index (χ1v) is 12.2. The number of nitrogens with one attached hydrogen (secondary N) is 2. The molecule has 2 heterocycles. The Labute approximate surface area is 218 Å². The van der Waals surface area contributed by atoms with E-state index in [-0.39, 0.29) is 17.1 Å². The lowest BCUT2D eigenvalue weighted by atomic mass is 10.0. The number of carbonyl (C=O) groups is 1. The summed E-state index contributed by atoms with van der Waals surface area (Å²) in [6, 6.07) is 8.47. The Morgan fingerprint density at radius 1 is 1.20 bits per heavy atom. The van der Waals surface area contributed by atoms with Gasteiger partial charge in [-0.25, -0.2) is 18.9 Å². The van der Waals surface area contributed by atoms with Crippen molar-refractivity contribution in [1.29, 1.82) is 0 Å². The van der Waals surface area contributed by atoms with E-state index in [0.29, 0.717) is 35.3 Å². The first-order chi connectivity index (χ1) is 16.7. The Balaban J connectivity index is 1.74. The minimum absolute atomic E-state index is 0.0138. The minimum Gasteiger partial charge on any atom is -0.358 e. The second-order valence-corrected chi connectivity index (χ2v) is 9.64. The molecule has 0 saturated carbocycles. The molecule has 0 bridgehead atoms. The standard InChI is InChI=1S/C22H27Cl2N7O3S/c1-14(2)11-18(21(32)26-13-15-5-7-16(23)8-6-15)27-19-12-17(28-22(24)29-19)20-25-9-10-31(20)35-34-33-30(3)4/h5-10,12,14,18H,11,13H2,1-4H3,(H,26,32)(H,27,28,29)/t18-/m0/s1. The van der Waals surface area contributed by atoms with Crippen LogP contribution in [0.2, 0.25) is 10.3 Å². The summed E-state index contributed by atoms with van der Waals surface area (Å²) in [6.45, 7) is 4.47. The average molecular weight is 540 g/mol. The number of hydrogen-bond acceptors (Lipinski definition) is 9. The fraction of sp³-hybridized carbons (Fsp3) is 0.364. The molecule has 0 fully saturated rings. The molecular formula is C22H27Cl2N7O3S. The van der Waals surface area contributed by atoms with Gasteiger partial charge in [-0.05, 0) is 41.6 Å². The van der Waals surface area contributed by atoms with Crippen LogP contribution in [-0.2, 0) is 20.7 Å². The molecule has 2 N–H and O–H groups in total. The van der Waals surface area contributed by atoms with Crippen LogP contribution >= 0.6 is 35.4 Å². The average Bonchev–Trinajstić information content (AvgIpc) is 3.26. The van der Waals surface area contributed by atoms with Crippen LogP contribution in [0, 0.1) is 5.92 Å². The van der Waals surface area contributed by atoms with E-state index < -0.39 is 6.04 Å². The summed E-state index contributed by atoms with van der Waals surface area (Å²) in [5, 5.41) is 8.23. The van der Waals surface area contributed by atoms with E-state index in [2.05, 4.69) is 25.6 Å². The molecule has 1 amide bonds. The molecule has 0 aliphatic carbocycles. The Kier molecular flexibility index (Phi) is 10.1. The number of benzene rings is 1. The van der Waals surface area contributed by atoms with E-state index in [1.54, 1.807) is 48.7 Å². The maximum atomic E-state index is 13.0. The third kappa shape index (κ3) is 8.64. The van der Waals surface area contributed by atoms with Crippen LogP contribution in [0.4, 0.5) is 5.82 Å². The lowest BCUT2D eigenvalue weighted by Crippen LogP contribution is -2.40. The summed E-state index contributed by atoms with van der Waals surface area (Å²) in [7, 11) is 3.38. The van der Waals surface area contributed by atoms with Crippen molar-refractivity contribution in [3.05, 3.63) is 58.6 Å². The molecule has 0 aliphatic heterocycles. The highest BCUT2D eigenvalue weighted by molar-refractivity contribution is 7.93. The lowest BCUT2D eigenvalue weighted by molar-refractivity contribution is -0.340. The van der Waals surface area contributed by atoms with Gasteiger partial charge in [0.05, 0.1) is 0 Å². The maximum Gasteiger partial charge on any atom is 0.242 e. The number of halogens is 2. The Bertz CT molecular complexity index is 1110. The quantitative estimate of drug-likeness (QED) is 0.147. The first kappa shape index (κ1) is 27.2. The second kappa shape index (κ2) is 13.1. The molecule has 3 aromatic rings. The van der Waals surface area contributed by atoms with Crippen LogP contribution in [0.25, 0.3) is 11.5 Å². The Morgan fingerprint density at radius 3 is 2.63 bits per heavy atom. The molecule has 1 aromatic carbocycles. The summed E-state index contributed by atoms with van der Waals surface area (Å²) in [5.41, 5.74) is 1.39. The molecule has 0 aliphatic rings. The summed E-state index contributed by atoms with van der Waals surface area (Å²) in [4.78, 5) is 30.8. The third-order valence-electron chi connectivity index (χ3n) is 4.55. The molecule has 188 valence electrons. The zero-order valence-electron chi connectivity index (χ0n) is 19.7. The van der Waals surface area contributed by atoms with Gasteiger partial charge in [0.2, 0.25) is 11.2 Å². The second-order valence-electron chi connectivity index (χ2n) is 8.18. The lowest BCUT2D eigenvalue weighted by Gasteiger charge is -2.21. The van der Waals surface area contributed by atoms with Gasteiger partial charge in [0.1, 0.15) is 17.6 Å². The van der Waals surface area contributed by atoms with Crippen molar-refractivity contribution in [3.8, 4) is 11.5 Å². The molecule has 0 radical (unpaired) electrons. The number of rotatable bonds is 12. The topological polar surface area (TPSA) is 106 Å². The maximum absolute atomic E-state index is 13.0. The van der Waals surface area contributed by atoms with Crippen molar-refractivity contribution in [3.63, 3.8) is 0 Å². The molecule has 35 heavy (non-hydrogen) atoms. The molecule has 3 rings (SSSR count). The molecular weight excluding hydrogens is 513 g/mol. The van der Waals surface area contributed by atoms with E-state index in [1.807, 2.05) is 26.0 Å². The Hall–Kier alpha value is -2.41. The van der Waals surface area contributed by atoms with Gasteiger partial charge in [-0.2, -0.15) is 5.06 Å². The van der Waals surface area contributed by atoms with Gasteiger partial charge in [0, 0.05) is 44.1 Å². The predicted octanol–water partition coefficient (Wildman–Crippen LogP) is 4.63. The van der Waals surface area contributed by atoms with Crippen LogP contribution in [0.3, 0.4) is 0 Å². The van der Waals surface area contributed by atoms with Gasteiger partial charge in [-0.15, -0.1) is 9.32 Å². The van der Waals surface area contributed by atoms with E-state index >= 15 is 0 Å². The number of amides is 1. The molecule has 2 aromatic heterocycles. The van der Waals surface area contributed by atoms with Crippen molar-refractivity contribution in [2.24, 2.45) is 5.92 Å². The highest BCUT2D eigenvalue weighted by atomic mass is 35.5. The van der Waals surface area contributed by atoms with Crippen molar-refractivity contribution >= 4 is 47.2 Å². The predicted molar refractivity (Wildman–Crippen MR) is 137 cm³/mol. The summed E-state index contributed by atoms with van der Waals surface area (Å²) >= 11 is 13.1. The monoisotopic (exact) mass is 539 g/mol. The zero-order chi connectivity index (χ0) is 25.4. The fourth-order valence-corrected chi connectivity index (χ4v) is 3.88. The van der Waals surface area contributed by atoms with E-state index in [4.69, 9.17) is 32.5 Å². The molecule has 0 spiro atoms. The first-order valence-electron chi connectivity index (χ1n) is 10.8. The SMILES string of the molecule is CC(C)C[C@H](Nc1cc(-c2nccn2SOON(C)C)nc(Cl)n1)C(=O)NCc1ccc(Cl)cc1. The van der Waals surface area contributed by atoms with Gasteiger partial charge < -0.3 is 10.6 Å². The van der Waals surface area contributed by atoms with E-state index in [1.165, 1.54) is 5.06 Å². The van der Waals surface area contributed by atoms with Gasteiger partial charge in [-0.3, -0.25) is 4.79 Å². The number of carbonyl (C=O) groups excluding carboxylic acids is 1. The third-order valence-corrected chi connectivity index (χ3v) is 5.55. The summed E-state index contributed by atoms with van der Waals surface area (Å²) < 4.78 is 6.71. The molecule has 13 heteroatoms.